The fourth-order valence-corrected chi connectivity index (χ4v) is 2.13. The van der Waals surface area contributed by atoms with Gasteiger partial charge in [-0.25, -0.2) is 0 Å². The fraction of sp³-hybridized carbons (Fsp3) is 0.250. The highest BCUT2D eigenvalue weighted by atomic mass is 16.5. The second-order valence-electron chi connectivity index (χ2n) is 4.44. The van der Waals surface area contributed by atoms with E-state index in [9.17, 15) is 9.90 Å². The maximum Gasteiger partial charge on any atom is 0.309 e. The van der Waals surface area contributed by atoms with Crippen LogP contribution in [0.4, 0.5) is 0 Å². The number of aliphatic hydroxyl groups is 1. The van der Waals surface area contributed by atoms with Crippen molar-refractivity contribution < 1.29 is 14.6 Å². The summed E-state index contributed by atoms with van der Waals surface area (Å²) in [6.07, 6.45) is 3.05. The Morgan fingerprint density at radius 1 is 1.15 bits per heavy atom. The van der Waals surface area contributed by atoms with Gasteiger partial charge in [0.05, 0.1) is 13.0 Å². The summed E-state index contributed by atoms with van der Waals surface area (Å²) < 4.78 is 4.97. The van der Waals surface area contributed by atoms with Crippen molar-refractivity contribution in [3.05, 3.63) is 66.0 Å². The molecule has 1 aromatic carbocycles. The van der Waals surface area contributed by atoms with Gasteiger partial charge in [-0.3, -0.25) is 9.78 Å². The molecule has 2 rings (SSSR count). The van der Waals surface area contributed by atoms with E-state index in [0.29, 0.717) is 17.7 Å². The summed E-state index contributed by atoms with van der Waals surface area (Å²) in [5.41, 5.74) is -0.137. The van der Waals surface area contributed by atoms with Crippen molar-refractivity contribution in [2.45, 2.75) is 18.9 Å². The molecule has 1 unspecified atom stereocenters. The second-order valence-corrected chi connectivity index (χ2v) is 4.44. The third-order valence-corrected chi connectivity index (χ3v) is 3.11. The van der Waals surface area contributed by atoms with E-state index in [1.807, 2.05) is 18.2 Å². The number of pyridine rings is 1. The van der Waals surface area contributed by atoms with Crippen molar-refractivity contribution in [1.82, 2.24) is 4.98 Å². The molecule has 0 fully saturated rings. The quantitative estimate of drug-likeness (QED) is 0.847. The average molecular weight is 271 g/mol. The molecule has 1 heterocycles. The van der Waals surface area contributed by atoms with E-state index in [1.54, 1.807) is 43.6 Å². The van der Waals surface area contributed by atoms with Gasteiger partial charge in [0.25, 0.3) is 0 Å². The lowest BCUT2D eigenvalue weighted by molar-refractivity contribution is -0.147. The molecule has 1 atom stereocenters. The maximum absolute atomic E-state index is 11.8. The molecule has 4 nitrogen and oxygen atoms in total. The molecule has 104 valence electrons. The van der Waals surface area contributed by atoms with E-state index in [1.165, 1.54) is 0 Å². The Labute approximate surface area is 118 Å². The molecule has 2 aromatic rings. The van der Waals surface area contributed by atoms with E-state index in [-0.39, 0.29) is 6.42 Å². The third-order valence-electron chi connectivity index (χ3n) is 3.11. The van der Waals surface area contributed by atoms with Crippen LogP contribution < -0.4 is 0 Å². The summed E-state index contributed by atoms with van der Waals surface area (Å²) in [6.45, 7) is 2.03. The first-order chi connectivity index (χ1) is 9.66. The van der Waals surface area contributed by atoms with Crippen LogP contribution >= 0.6 is 0 Å². The first-order valence-electron chi connectivity index (χ1n) is 6.51. The lowest BCUT2D eigenvalue weighted by Crippen LogP contribution is -2.31. The predicted molar refractivity (Wildman–Crippen MR) is 74.9 cm³/mol. The topological polar surface area (TPSA) is 59.4 Å². The van der Waals surface area contributed by atoms with Gasteiger partial charge in [-0.1, -0.05) is 30.3 Å². The SMILES string of the molecule is CCOC(=O)CC(O)(c1ccccc1)c1ccncc1. The third kappa shape index (κ3) is 3.03. The van der Waals surface area contributed by atoms with Gasteiger partial charge >= 0.3 is 5.97 Å². The lowest BCUT2D eigenvalue weighted by atomic mass is 9.84. The minimum atomic E-state index is -1.41. The average Bonchev–Trinajstić information content (AvgIpc) is 2.49. The van der Waals surface area contributed by atoms with Crippen LogP contribution in [0.15, 0.2) is 54.9 Å². The molecule has 0 aliphatic carbocycles. The van der Waals surface area contributed by atoms with Crippen LogP contribution in [0.5, 0.6) is 0 Å². The molecular formula is C16H17NO3. The molecule has 1 N–H and O–H groups in total. The number of hydrogen-bond donors (Lipinski definition) is 1. The van der Waals surface area contributed by atoms with Gasteiger partial charge in [0, 0.05) is 12.4 Å². The number of aromatic nitrogens is 1. The summed E-state index contributed by atoms with van der Waals surface area (Å²) in [7, 11) is 0. The van der Waals surface area contributed by atoms with Crippen LogP contribution in [0.25, 0.3) is 0 Å². The molecule has 0 radical (unpaired) electrons. The molecule has 0 spiro atoms. The zero-order chi connectivity index (χ0) is 14.4. The van der Waals surface area contributed by atoms with Crippen LogP contribution in [-0.2, 0) is 15.1 Å². The molecule has 0 bridgehead atoms. The monoisotopic (exact) mass is 271 g/mol. The molecule has 1 aromatic heterocycles. The maximum atomic E-state index is 11.8. The van der Waals surface area contributed by atoms with Gasteiger partial charge in [0.2, 0.25) is 0 Å². The highest BCUT2D eigenvalue weighted by molar-refractivity contribution is 5.72. The Morgan fingerprint density at radius 2 is 1.75 bits per heavy atom. The summed E-state index contributed by atoms with van der Waals surface area (Å²) in [4.78, 5) is 15.7. The summed E-state index contributed by atoms with van der Waals surface area (Å²) in [5, 5.41) is 11.0. The standard InChI is InChI=1S/C16H17NO3/c1-2-20-15(18)12-16(19,13-6-4-3-5-7-13)14-8-10-17-11-9-14/h3-11,19H,2,12H2,1H3. The van der Waals surface area contributed by atoms with Crippen molar-refractivity contribution in [3.63, 3.8) is 0 Å². The van der Waals surface area contributed by atoms with Crippen LogP contribution in [-0.4, -0.2) is 22.7 Å². The second kappa shape index (κ2) is 6.30. The van der Waals surface area contributed by atoms with Crippen molar-refractivity contribution in [2.24, 2.45) is 0 Å². The van der Waals surface area contributed by atoms with E-state index >= 15 is 0 Å². The molecular weight excluding hydrogens is 254 g/mol. The number of ether oxygens (including phenoxy) is 1. The summed E-state index contributed by atoms with van der Waals surface area (Å²) >= 11 is 0. The van der Waals surface area contributed by atoms with Crippen molar-refractivity contribution in [1.29, 1.82) is 0 Å². The Bertz CT molecular complexity index is 515. The highest BCUT2D eigenvalue weighted by Crippen LogP contribution is 2.32. The Kier molecular flexibility index (Phi) is 4.48. The number of carbonyl (C=O) groups excluding carboxylic acids is 1. The molecule has 20 heavy (non-hydrogen) atoms. The molecule has 0 saturated carbocycles. The number of nitrogens with zero attached hydrogens (tertiary/aromatic N) is 1. The Balaban J connectivity index is 2.41. The van der Waals surface area contributed by atoms with Crippen LogP contribution in [0, 0.1) is 0 Å². The Hall–Kier alpha value is -2.20. The zero-order valence-corrected chi connectivity index (χ0v) is 11.3. The summed E-state index contributed by atoms with van der Waals surface area (Å²) in [5.74, 6) is -0.435. The van der Waals surface area contributed by atoms with Crippen molar-refractivity contribution in [2.75, 3.05) is 6.61 Å². The van der Waals surface area contributed by atoms with Crippen LogP contribution in [0.1, 0.15) is 24.5 Å². The van der Waals surface area contributed by atoms with Crippen molar-refractivity contribution in [3.8, 4) is 0 Å². The van der Waals surface area contributed by atoms with Gasteiger partial charge in [-0.2, -0.15) is 0 Å². The molecule has 0 aliphatic heterocycles. The highest BCUT2D eigenvalue weighted by Gasteiger charge is 2.34. The number of carbonyl (C=O) groups is 1. The molecule has 0 amide bonds. The number of esters is 1. The molecule has 0 saturated heterocycles. The van der Waals surface area contributed by atoms with E-state index in [2.05, 4.69) is 4.98 Å². The lowest BCUT2D eigenvalue weighted by Gasteiger charge is -2.28. The van der Waals surface area contributed by atoms with E-state index < -0.39 is 11.6 Å². The largest absolute Gasteiger partial charge is 0.466 e. The number of benzene rings is 1. The number of hydrogen-bond acceptors (Lipinski definition) is 4. The molecule has 0 aliphatic rings. The van der Waals surface area contributed by atoms with E-state index in [4.69, 9.17) is 4.74 Å². The first-order valence-corrected chi connectivity index (χ1v) is 6.51. The minimum absolute atomic E-state index is 0.130. The Morgan fingerprint density at radius 3 is 2.35 bits per heavy atom. The van der Waals surface area contributed by atoms with Gasteiger partial charge in [-0.15, -0.1) is 0 Å². The van der Waals surface area contributed by atoms with Gasteiger partial charge in [-0.05, 0) is 30.2 Å². The minimum Gasteiger partial charge on any atom is -0.466 e. The first kappa shape index (κ1) is 14.2. The fourth-order valence-electron chi connectivity index (χ4n) is 2.13. The van der Waals surface area contributed by atoms with Gasteiger partial charge in [0.1, 0.15) is 5.60 Å². The smallest absolute Gasteiger partial charge is 0.309 e. The van der Waals surface area contributed by atoms with Gasteiger partial charge < -0.3 is 9.84 Å². The van der Waals surface area contributed by atoms with E-state index in [0.717, 1.165) is 0 Å². The molecule has 4 heteroatoms. The summed E-state index contributed by atoms with van der Waals surface area (Å²) in [6, 6.07) is 12.5. The zero-order valence-electron chi connectivity index (χ0n) is 11.3. The van der Waals surface area contributed by atoms with Crippen LogP contribution in [0.2, 0.25) is 0 Å². The van der Waals surface area contributed by atoms with Crippen LogP contribution in [0.3, 0.4) is 0 Å². The number of rotatable bonds is 5. The normalized spacial score (nSPS) is 13.5. The van der Waals surface area contributed by atoms with Gasteiger partial charge in [0.15, 0.2) is 0 Å². The van der Waals surface area contributed by atoms with Crippen molar-refractivity contribution >= 4 is 5.97 Å². The predicted octanol–water partition coefficient (Wildman–Crippen LogP) is 2.27.